The number of anilines is 1. The van der Waals surface area contributed by atoms with Gasteiger partial charge in [0.2, 0.25) is 0 Å². The molecule has 0 fully saturated rings. The second kappa shape index (κ2) is 9.15. The van der Waals surface area contributed by atoms with Gasteiger partial charge in [-0.1, -0.05) is 48.5 Å². The van der Waals surface area contributed by atoms with Crippen molar-refractivity contribution in [3.63, 3.8) is 0 Å². The maximum absolute atomic E-state index is 13.1. The van der Waals surface area contributed by atoms with Gasteiger partial charge in [-0.2, -0.15) is 18.3 Å². The maximum atomic E-state index is 13.1. The molecule has 2 aromatic heterocycles. The number of hydrazine groups is 1. The molecular weight excluding hydrogens is 431 g/mol. The lowest BCUT2D eigenvalue weighted by atomic mass is 10.2. The highest BCUT2D eigenvalue weighted by Crippen LogP contribution is 2.29. The number of pyridine rings is 1. The Morgan fingerprint density at radius 1 is 0.970 bits per heavy atom. The van der Waals surface area contributed by atoms with Crippen LogP contribution in [0.2, 0.25) is 0 Å². The van der Waals surface area contributed by atoms with Gasteiger partial charge in [0.1, 0.15) is 0 Å². The zero-order valence-electron chi connectivity index (χ0n) is 17.6. The Kier molecular flexibility index (Phi) is 6.12. The van der Waals surface area contributed by atoms with E-state index < -0.39 is 17.6 Å². The predicted molar refractivity (Wildman–Crippen MR) is 118 cm³/mol. The van der Waals surface area contributed by atoms with Gasteiger partial charge in [0.25, 0.3) is 5.91 Å². The summed E-state index contributed by atoms with van der Waals surface area (Å²) in [5.41, 5.74) is 4.58. The van der Waals surface area contributed by atoms with Crippen LogP contribution in [-0.2, 0) is 12.7 Å². The molecule has 0 unspecified atom stereocenters. The summed E-state index contributed by atoms with van der Waals surface area (Å²) < 4.78 is 39.8. The van der Waals surface area contributed by atoms with Crippen molar-refractivity contribution in [2.75, 3.05) is 5.01 Å². The van der Waals surface area contributed by atoms with Crippen LogP contribution >= 0.6 is 0 Å². The molecule has 1 amide bonds. The Labute approximate surface area is 188 Å². The SMILES string of the molecule is Cc1c(C(=O)NN(Cc2ccccc2)c2ccccc2)cnn1-c1ccc(C(F)(F)F)cn1. The number of nitrogens with one attached hydrogen (secondary N) is 1. The number of hydrogen-bond donors (Lipinski definition) is 1. The standard InChI is InChI=1S/C24H20F3N5O/c1-17-21(15-29-32(17)22-13-12-19(14-28-22)24(25,26)27)23(33)30-31(20-10-6-3-7-11-20)16-18-8-4-2-5-9-18/h2-15H,16H2,1H3,(H,30,33). The lowest BCUT2D eigenvalue weighted by Crippen LogP contribution is -2.42. The van der Waals surface area contributed by atoms with Crippen LogP contribution in [0, 0.1) is 6.92 Å². The molecule has 0 aliphatic carbocycles. The molecule has 4 rings (SSSR count). The van der Waals surface area contributed by atoms with Gasteiger partial charge in [-0.05, 0) is 36.8 Å². The molecule has 4 aromatic rings. The normalized spacial score (nSPS) is 11.3. The Balaban J connectivity index is 1.57. The van der Waals surface area contributed by atoms with Gasteiger partial charge in [-0.15, -0.1) is 0 Å². The van der Waals surface area contributed by atoms with Gasteiger partial charge in [0.05, 0.1) is 35.2 Å². The minimum atomic E-state index is -4.48. The van der Waals surface area contributed by atoms with E-state index in [2.05, 4.69) is 15.5 Å². The Morgan fingerprint density at radius 2 is 1.64 bits per heavy atom. The second-order valence-corrected chi connectivity index (χ2v) is 7.31. The van der Waals surface area contributed by atoms with Crippen molar-refractivity contribution in [1.29, 1.82) is 0 Å². The van der Waals surface area contributed by atoms with Gasteiger partial charge in [-0.3, -0.25) is 15.2 Å². The quantitative estimate of drug-likeness (QED) is 0.422. The largest absolute Gasteiger partial charge is 0.417 e. The van der Waals surface area contributed by atoms with E-state index in [1.165, 1.54) is 16.9 Å². The summed E-state index contributed by atoms with van der Waals surface area (Å²) in [4.78, 5) is 16.9. The van der Waals surface area contributed by atoms with E-state index in [4.69, 9.17) is 0 Å². The maximum Gasteiger partial charge on any atom is 0.417 e. The van der Waals surface area contributed by atoms with Crippen molar-refractivity contribution in [2.24, 2.45) is 0 Å². The molecule has 0 saturated heterocycles. The van der Waals surface area contributed by atoms with Crippen molar-refractivity contribution >= 4 is 11.6 Å². The third-order valence-electron chi connectivity index (χ3n) is 5.03. The number of benzene rings is 2. The molecule has 6 nitrogen and oxygen atoms in total. The van der Waals surface area contributed by atoms with Crippen molar-refractivity contribution in [1.82, 2.24) is 20.2 Å². The van der Waals surface area contributed by atoms with E-state index in [1.807, 2.05) is 60.7 Å². The lowest BCUT2D eigenvalue weighted by Gasteiger charge is -2.25. The molecule has 0 saturated carbocycles. The predicted octanol–water partition coefficient (Wildman–Crippen LogP) is 4.95. The highest BCUT2D eigenvalue weighted by molar-refractivity contribution is 5.96. The van der Waals surface area contributed by atoms with Crippen LogP contribution in [0.1, 0.15) is 27.2 Å². The van der Waals surface area contributed by atoms with Crippen LogP contribution in [0.15, 0.2) is 85.2 Å². The van der Waals surface area contributed by atoms with E-state index in [9.17, 15) is 18.0 Å². The highest BCUT2D eigenvalue weighted by Gasteiger charge is 2.31. The molecule has 0 radical (unpaired) electrons. The number of nitrogens with zero attached hydrogens (tertiary/aromatic N) is 4. The summed E-state index contributed by atoms with van der Waals surface area (Å²) in [6, 6.07) is 21.2. The van der Waals surface area contributed by atoms with Crippen LogP contribution in [0.5, 0.6) is 0 Å². The van der Waals surface area contributed by atoms with Gasteiger partial charge in [-0.25, -0.2) is 9.67 Å². The third-order valence-corrected chi connectivity index (χ3v) is 5.03. The number of para-hydroxylation sites is 1. The third kappa shape index (κ3) is 5.03. The van der Waals surface area contributed by atoms with Crippen LogP contribution in [0.25, 0.3) is 5.82 Å². The van der Waals surface area contributed by atoms with Gasteiger partial charge >= 0.3 is 6.18 Å². The van der Waals surface area contributed by atoms with Gasteiger partial charge in [0, 0.05) is 6.20 Å². The Morgan fingerprint density at radius 3 is 2.24 bits per heavy atom. The molecular formula is C24H20F3N5O. The summed E-state index contributed by atoms with van der Waals surface area (Å²) in [6.07, 6.45) is -2.36. The number of alkyl halides is 3. The first-order chi connectivity index (χ1) is 15.8. The summed E-state index contributed by atoms with van der Waals surface area (Å²) in [6.45, 7) is 2.09. The number of halogens is 3. The Hall–Kier alpha value is -4.14. The Bertz CT molecular complexity index is 1220. The highest BCUT2D eigenvalue weighted by atomic mass is 19.4. The van der Waals surface area contributed by atoms with E-state index >= 15 is 0 Å². The summed E-state index contributed by atoms with van der Waals surface area (Å²) in [5, 5.41) is 5.88. The summed E-state index contributed by atoms with van der Waals surface area (Å²) in [5.74, 6) is -0.214. The smallest absolute Gasteiger partial charge is 0.281 e. The zero-order chi connectivity index (χ0) is 23.4. The average molecular weight is 451 g/mol. The molecule has 33 heavy (non-hydrogen) atoms. The van der Waals surface area contributed by atoms with Crippen molar-refractivity contribution in [3.8, 4) is 5.82 Å². The minimum Gasteiger partial charge on any atom is -0.281 e. The molecule has 0 aliphatic heterocycles. The molecule has 2 heterocycles. The topological polar surface area (TPSA) is 63.1 Å². The number of rotatable bonds is 6. The fourth-order valence-corrected chi connectivity index (χ4v) is 3.29. The number of amides is 1. The first-order valence-corrected chi connectivity index (χ1v) is 10.1. The van der Waals surface area contributed by atoms with Crippen LogP contribution < -0.4 is 10.4 Å². The van der Waals surface area contributed by atoms with E-state index in [0.29, 0.717) is 12.2 Å². The number of carbonyl (C=O) groups excluding carboxylic acids is 1. The molecule has 168 valence electrons. The summed E-state index contributed by atoms with van der Waals surface area (Å²) >= 11 is 0. The first kappa shape index (κ1) is 22.1. The zero-order valence-corrected chi connectivity index (χ0v) is 17.6. The molecule has 0 spiro atoms. The van der Waals surface area contributed by atoms with Crippen LogP contribution in [0.3, 0.4) is 0 Å². The molecule has 0 atom stereocenters. The number of hydrogen-bond acceptors (Lipinski definition) is 4. The van der Waals surface area contributed by atoms with Crippen LogP contribution in [0.4, 0.5) is 18.9 Å². The molecule has 0 bridgehead atoms. The van der Waals surface area contributed by atoms with Crippen molar-refractivity contribution in [2.45, 2.75) is 19.6 Å². The van der Waals surface area contributed by atoms with Crippen molar-refractivity contribution in [3.05, 3.63) is 108 Å². The fourth-order valence-electron chi connectivity index (χ4n) is 3.29. The van der Waals surface area contributed by atoms with E-state index in [0.717, 1.165) is 23.5 Å². The number of aromatic nitrogens is 3. The lowest BCUT2D eigenvalue weighted by molar-refractivity contribution is -0.137. The first-order valence-electron chi connectivity index (χ1n) is 10.1. The van der Waals surface area contributed by atoms with Crippen LogP contribution in [-0.4, -0.2) is 20.7 Å². The molecule has 2 aromatic carbocycles. The van der Waals surface area contributed by atoms with E-state index in [-0.39, 0.29) is 11.4 Å². The minimum absolute atomic E-state index is 0.184. The molecule has 1 N–H and O–H groups in total. The summed E-state index contributed by atoms with van der Waals surface area (Å²) in [7, 11) is 0. The second-order valence-electron chi connectivity index (χ2n) is 7.31. The van der Waals surface area contributed by atoms with E-state index in [1.54, 1.807) is 11.9 Å². The molecule has 0 aliphatic rings. The monoisotopic (exact) mass is 451 g/mol. The average Bonchev–Trinajstić information content (AvgIpc) is 3.21. The molecule has 9 heteroatoms. The van der Waals surface area contributed by atoms with Gasteiger partial charge in [0.15, 0.2) is 5.82 Å². The van der Waals surface area contributed by atoms with Gasteiger partial charge < -0.3 is 0 Å². The number of carbonyl (C=O) groups is 1. The fraction of sp³-hybridized carbons (Fsp3) is 0.125. The van der Waals surface area contributed by atoms with Crippen molar-refractivity contribution < 1.29 is 18.0 Å².